The van der Waals surface area contributed by atoms with Gasteiger partial charge in [0.15, 0.2) is 0 Å². The molecule has 10 nitrogen and oxygen atoms in total. The molecule has 0 bridgehead atoms. The van der Waals surface area contributed by atoms with Crippen LogP contribution in [0.5, 0.6) is 0 Å². The minimum atomic E-state index is -0.576. The van der Waals surface area contributed by atoms with Crippen LogP contribution < -0.4 is 0 Å². The number of imide groups is 2. The third-order valence-electron chi connectivity index (χ3n) is 3.69. The van der Waals surface area contributed by atoms with Gasteiger partial charge in [-0.3, -0.25) is 38.6 Å². The van der Waals surface area contributed by atoms with E-state index in [4.69, 9.17) is 9.47 Å². The molecular formula is C17H18N2O8. The van der Waals surface area contributed by atoms with Gasteiger partial charge in [0.2, 0.25) is 0 Å². The molecule has 4 amide bonds. The fourth-order valence-corrected chi connectivity index (χ4v) is 2.28. The maximum Gasteiger partial charge on any atom is 0.307 e. The molecule has 0 aromatic carbocycles. The highest BCUT2D eigenvalue weighted by Crippen LogP contribution is 2.06. The van der Waals surface area contributed by atoms with Crippen molar-refractivity contribution in [2.75, 3.05) is 26.3 Å². The van der Waals surface area contributed by atoms with Gasteiger partial charge in [0, 0.05) is 43.8 Å². The predicted octanol–water partition coefficient (Wildman–Crippen LogP) is -0.907. The van der Waals surface area contributed by atoms with Crippen molar-refractivity contribution >= 4 is 35.6 Å². The lowest BCUT2D eigenvalue weighted by molar-refractivity contribution is -0.146. The fraction of sp³-hybridized carbons (Fsp3) is 0.412. The Morgan fingerprint density at radius 1 is 0.667 bits per heavy atom. The van der Waals surface area contributed by atoms with E-state index < -0.39 is 35.6 Å². The monoisotopic (exact) mass is 378 g/mol. The summed E-state index contributed by atoms with van der Waals surface area (Å²) in [7, 11) is 0. The average Bonchev–Trinajstić information content (AvgIpc) is 3.12. The molecule has 2 aliphatic heterocycles. The summed E-state index contributed by atoms with van der Waals surface area (Å²) in [5.41, 5.74) is 0. The first-order chi connectivity index (χ1) is 12.9. The lowest BCUT2D eigenvalue weighted by Gasteiger charge is -2.13. The van der Waals surface area contributed by atoms with E-state index in [9.17, 15) is 28.8 Å². The number of carbonyl (C=O) groups excluding carboxylic acids is 6. The van der Waals surface area contributed by atoms with E-state index >= 15 is 0 Å². The average molecular weight is 378 g/mol. The molecule has 0 fully saturated rings. The van der Waals surface area contributed by atoms with E-state index in [1.807, 2.05) is 0 Å². The smallest absolute Gasteiger partial charge is 0.307 e. The van der Waals surface area contributed by atoms with Gasteiger partial charge in [-0.25, -0.2) is 0 Å². The maximum absolute atomic E-state index is 11.5. The Bertz CT molecular complexity index is 628. The first-order valence-corrected chi connectivity index (χ1v) is 8.27. The normalized spacial score (nSPS) is 15.9. The minimum Gasteiger partial charge on any atom is -0.465 e. The van der Waals surface area contributed by atoms with Crippen LogP contribution >= 0.6 is 0 Å². The number of amides is 4. The standard InChI is InChI=1S/C17H18N2O8/c20-12-2-3-13(21)18(12)8-6-16(24)26-10-1-11-27-17(25)7-9-19-14(22)4-5-15(19)23/h2-5H,1,6-11H2. The van der Waals surface area contributed by atoms with Gasteiger partial charge >= 0.3 is 11.9 Å². The van der Waals surface area contributed by atoms with E-state index in [2.05, 4.69) is 0 Å². The highest BCUT2D eigenvalue weighted by atomic mass is 16.5. The Morgan fingerprint density at radius 3 is 1.33 bits per heavy atom. The van der Waals surface area contributed by atoms with E-state index in [0.717, 1.165) is 34.1 Å². The molecule has 27 heavy (non-hydrogen) atoms. The summed E-state index contributed by atoms with van der Waals surface area (Å²) in [6.45, 7) is -0.0822. The van der Waals surface area contributed by atoms with Gasteiger partial charge in [-0.05, 0) is 0 Å². The number of hydrogen-bond donors (Lipinski definition) is 0. The zero-order valence-corrected chi connectivity index (χ0v) is 14.4. The van der Waals surface area contributed by atoms with Crippen molar-refractivity contribution in [3.05, 3.63) is 24.3 Å². The number of hydrogen-bond acceptors (Lipinski definition) is 8. The summed E-state index contributed by atoms with van der Waals surface area (Å²) in [6.07, 6.45) is 4.56. The lowest BCUT2D eigenvalue weighted by Crippen LogP contribution is -2.32. The van der Waals surface area contributed by atoms with Crippen molar-refractivity contribution < 1.29 is 38.2 Å². The molecule has 10 heteroatoms. The Labute approximate surface area is 154 Å². The molecule has 0 aliphatic carbocycles. The molecule has 0 atom stereocenters. The van der Waals surface area contributed by atoms with Crippen LogP contribution in [0.3, 0.4) is 0 Å². The van der Waals surface area contributed by atoms with Gasteiger partial charge in [-0.1, -0.05) is 0 Å². The first kappa shape index (κ1) is 20.0. The zero-order chi connectivity index (χ0) is 19.8. The third-order valence-corrected chi connectivity index (χ3v) is 3.69. The SMILES string of the molecule is O=C(CCN1C(=O)C=CC1=O)OCCCOC(=O)CCN1C(=O)C=CC1=O. The minimum absolute atomic E-state index is 0.0132. The van der Waals surface area contributed by atoms with Crippen molar-refractivity contribution in [3.8, 4) is 0 Å². The molecule has 144 valence electrons. The number of rotatable bonds is 10. The summed E-state index contributed by atoms with van der Waals surface area (Å²) in [4.78, 5) is 70.2. The van der Waals surface area contributed by atoms with Crippen molar-refractivity contribution in [1.82, 2.24) is 9.80 Å². The zero-order valence-electron chi connectivity index (χ0n) is 14.4. The van der Waals surface area contributed by atoms with E-state index in [1.54, 1.807) is 0 Å². The van der Waals surface area contributed by atoms with Crippen molar-refractivity contribution in [2.45, 2.75) is 19.3 Å². The number of esters is 2. The second-order valence-electron chi connectivity index (χ2n) is 5.62. The molecule has 0 spiro atoms. The molecule has 2 heterocycles. The van der Waals surface area contributed by atoms with E-state index in [0.29, 0.717) is 0 Å². The highest BCUT2D eigenvalue weighted by Gasteiger charge is 2.24. The Kier molecular flexibility index (Phi) is 6.98. The van der Waals surface area contributed by atoms with Crippen LogP contribution in [0.15, 0.2) is 24.3 Å². The Balaban J connectivity index is 1.50. The van der Waals surface area contributed by atoms with E-state index in [-0.39, 0.29) is 45.6 Å². The number of carbonyl (C=O) groups is 6. The lowest BCUT2D eigenvalue weighted by atomic mass is 10.4. The Morgan fingerprint density at radius 2 is 1.00 bits per heavy atom. The van der Waals surface area contributed by atoms with Crippen LogP contribution in [0.4, 0.5) is 0 Å². The fourth-order valence-electron chi connectivity index (χ4n) is 2.28. The summed E-state index contributed by atoms with van der Waals surface area (Å²) >= 11 is 0. The second-order valence-corrected chi connectivity index (χ2v) is 5.62. The summed E-state index contributed by atoms with van der Waals surface area (Å²) in [5.74, 6) is -3.01. The summed E-state index contributed by atoms with van der Waals surface area (Å²) in [5, 5.41) is 0. The topological polar surface area (TPSA) is 127 Å². The summed E-state index contributed by atoms with van der Waals surface area (Å²) in [6, 6.07) is 0. The maximum atomic E-state index is 11.5. The molecule has 0 saturated carbocycles. The molecule has 0 aromatic heterocycles. The van der Waals surface area contributed by atoms with Crippen molar-refractivity contribution in [1.29, 1.82) is 0 Å². The highest BCUT2D eigenvalue weighted by molar-refractivity contribution is 6.13. The summed E-state index contributed by atoms with van der Waals surface area (Å²) < 4.78 is 9.84. The second kappa shape index (κ2) is 9.41. The molecule has 0 N–H and O–H groups in total. The third kappa shape index (κ3) is 5.87. The van der Waals surface area contributed by atoms with Crippen LogP contribution in [-0.2, 0) is 38.2 Å². The van der Waals surface area contributed by atoms with Crippen LogP contribution in [-0.4, -0.2) is 71.7 Å². The Hall–Kier alpha value is -3.30. The molecule has 0 radical (unpaired) electrons. The molecule has 0 unspecified atom stereocenters. The van der Waals surface area contributed by atoms with Crippen LogP contribution in [0, 0.1) is 0 Å². The van der Waals surface area contributed by atoms with Crippen LogP contribution in [0.25, 0.3) is 0 Å². The van der Waals surface area contributed by atoms with Crippen molar-refractivity contribution in [3.63, 3.8) is 0 Å². The number of nitrogens with zero attached hydrogens (tertiary/aromatic N) is 2. The van der Waals surface area contributed by atoms with Gasteiger partial charge in [0.25, 0.3) is 23.6 Å². The molecule has 2 rings (SSSR count). The molecule has 0 saturated heterocycles. The van der Waals surface area contributed by atoms with Crippen LogP contribution in [0.2, 0.25) is 0 Å². The first-order valence-electron chi connectivity index (χ1n) is 8.27. The van der Waals surface area contributed by atoms with Gasteiger partial charge in [-0.15, -0.1) is 0 Å². The molecule has 2 aliphatic rings. The largest absolute Gasteiger partial charge is 0.465 e. The molecular weight excluding hydrogens is 360 g/mol. The van der Waals surface area contributed by atoms with Gasteiger partial charge in [-0.2, -0.15) is 0 Å². The quantitative estimate of drug-likeness (QED) is 0.272. The molecule has 0 aromatic rings. The van der Waals surface area contributed by atoms with Gasteiger partial charge in [0.1, 0.15) is 0 Å². The van der Waals surface area contributed by atoms with Crippen LogP contribution in [0.1, 0.15) is 19.3 Å². The van der Waals surface area contributed by atoms with Gasteiger partial charge in [0.05, 0.1) is 26.1 Å². The van der Waals surface area contributed by atoms with Gasteiger partial charge < -0.3 is 9.47 Å². The predicted molar refractivity (Wildman–Crippen MR) is 87.5 cm³/mol. The number of ether oxygens (including phenoxy) is 2. The van der Waals surface area contributed by atoms with Crippen molar-refractivity contribution in [2.24, 2.45) is 0 Å². The van der Waals surface area contributed by atoms with E-state index in [1.165, 1.54) is 0 Å².